The lowest BCUT2D eigenvalue weighted by Gasteiger charge is -2.23. The molecule has 0 spiro atoms. The van der Waals surface area contributed by atoms with E-state index in [1.807, 2.05) is 13.8 Å². The summed E-state index contributed by atoms with van der Waals surface area (Å²) in [6.07, 6.45) is 0.881. The van der Waals surface area contributed by atoms with Gasteiger partial charge in [0.25, 0.3) is 0 Å². The van der Waals surface area contributed by atoms with Crippen molar-refractivity contribution in [2.24, 2.45) is 11.8 Å². The second-order valence-electron chi connectivity index (χ2n) is 6.51. The number of aliphatic hydroxyl groups is 1. The summed E-state index contributed by atoms with van der Waals surface area (Å²) in [4.78, 5) is 16.0. The second-order valence-corrected chi connectivity index (χ2v) is 6.89. The van der Waals surface area contributed by atoms with Crippen LogP contribution in [0.3, 0.4) is 0 Å². The molecule has 0 amide bonds. The van der Waals surface area contributed by atoms with Crippen LogP contribution in [0, 0.1) is 11.8 Å². The Morgan fingerprint density at radius 1 is 1.38 bits per heavy atom. The maximum atomic E-state index is 11.9. The van der Waals surface area contributed by atoms with Gasteiger partial charge >= 0.3 is 5.97 Å². The van der Waals surface area contributed by atoms with E-state index in [9.17, 15) is 9.90 Å². The van der Waals surface area contributed by atoms with E-state index < -0.39 is 17.8 Å². The molecule has 0 unspecified atom stereocenters. The van der Waals surface area contributed by atoms with Gasteiger partial charge in [-0.1, -0.05) is 25.4 Å². The minimum absolute atomic E-state index is 0.0363. The highest BCUT2D eigenvalue weighted by atomic mass is 35.5. The third-order valence-electron chi connectivity index (χ3n) is 3.97. The number of aliphatic carboxylic acids is 1. The Morgan fingerprint density at radius 3 is 2.73 bits per heavy atom. The number of pyridine rings is 1. The molecule has 2 aromatic rings. The van der Waals surface area contributed by atoms with Crippen molar-refractivity contribution >= 4 is 23.4 Å². The lowest BCUT2D eigenvalue weighted by molar-refractivity contribution is -0.143. The lowest BCUT2D eigenvalue weighted by atomic mass is 9.81. The fourth-order valence-electron chi connectivity index (χ4n) is 2.89. The highest BCUT2D eigenvalue weighted by Crippen LogP contribution is 2.32. The molecular weight excluding hydrogens is 360 g/mol. The van der Waals surface area contributed by atoms with Crippen molar-refractivity contribution in [1.29, 1.82) is 0 Å². The molecule has 0 aliphatic heterocycles. The summed E-state index contributed by atoms with van der Waals surface area (Å²) < 4.78 is 0. The maximum absolute atomic E-state index is 11.9. The van der Waals surface area contributed by atoms with Crippen molar-refractivity contribution < 1.29 is 15.0 Å². The molecule has 4 N–H and O–H groups in total. The van der Waals surface area contributed by atoms with Gasteiger partial charge < -0.3 is 15.5 Å². The highest BCUT2D eigenvalue weighted by Gasteiger charge is 2.33. The third kappa shape index (κ3) is 5.63. The predicted molar refractivity (Wildman–Crippen MR) is 96.0 cm³/mol. The van der Waals surface area contributed by atoms with Crippen molar-refractivity contribution in [3.63, 3.8) is 0 Å². The van der Waals surface area contributed by atoms with Gasteiger partial charge in [0.1, 0.15) is 11.0 Å². The SMILES string of the molecule is CC(C)C[C@H](C(=O)O)[C@H](Cc1cc(Cl)nc(NCCO)c1)c1nnn[nH]1. The van der Waals surface area contributed by atoms with E-state index in [1.54, 1.807) is 12.1 Å². The monoisotopic (exact) mass is 382 g/mol. The van der Waals surface area contributed by atoms with Gasteiger partial charge in [-0.25, -0.2) is 10.1 Å². The number of H-pyrrole nitrogens is 1. The van der Waals surface area contributed by atoms with Gasteiger partial charge in [-0.15, -0.1) is 5.10 Å². The van der Waals surface area contributed by atoms with Crippen LogP contribution < -0.4 is 5.32 Å². The molecule has 9 nitrogen and oxygen atoms in total. The molecule has 0 fully saturated rings. The summed E-state index contributed by atoms with van der Waals surface area (Å²) in [5.41, 5.74) is 0.807. The van der Waals surface area contributed by atoms with Gasteiger partial charge in [-0.2, -0.15) is 0 Å². The van der Waals surface area contributed by atoms with Gasteiger partial charge in [0.05, 0.1) is 12.5 Å². The highest BCUT2D eigenvalue weighted by molar-refractivity contribution is 6.29. The standard InChI is InChI=1S/C16H23ClN6O3/c1-9(2)5-12(16(25)26)11(15-20-22-23-21-15)6-10-7-13(17)19-14(8-10)18-3-4-24/h7-9,11-12,24H,3-6H2,1-2H3,(H,18,19)(H,25,26)(H,20,21,22,23)/t11-,12-/m0/s1. The Labute approximate surface area is 156 Å². The smallest absolute Gasteiger partial charge is 0.307 e. The topological polar surface area (TPSA) is 137 Å². The molecule has 2 heterocycles. The van der Waals surface area contributed by atoms with Gasteiger partial charge in [-0.3, -0.25) is 4.79 Å². The molecule has 2 rings (SSSR count). The number of halogens is 1. The van der Waals surface area contributed by atoms with E-state index in [4.69, 9.17) is 16.7 Å². The van der Waals surface area contributed by atoms with Gasteiger partial charge in [0.15, 0.2) is 5.82 Å². The van der Waals surface area contributed by atoms with Crippen molar-refractivity contribution in [1.82, 2.24) is 25.6 Å². The zero-order valence-corrected chi connectivity index (χ0v) is 15.4. The molecule has 2 aromatic heterocycles. The summed E-state index contributed by atoms with van der Waals surface area (Å²) in [5.74, 6) is -0.821. The van der Waals surface area contributed by atoms with E-state index in [2.05, 4.69) is 30.9 Å². The Kier molecular flexibility index (Phi) is 7.28. The number of anilines is 1. The van der Waals surface area contributed by atoms with Crippen molar-refractivity contribution in [3.8, 4) is 0 Å². The van der Waals surface area contributed by atoms with Gasteiger partial charge in [0, 0.05) is 12.5 Å². The van der Waals surface area contributed by atoms with E-state index in [0.717, 1.165) is 5.56 Å². The van der Waals surface area contributed by atoms with Crippen LogP contribution in [0.5, 0.6) is 0 Å². The Bertz CT molecular complexity index is 710. The molecule has 0 saturated carbocycles. The fraction of sp³-hybridized carbons (Fsp3) is 0.562. The van der Waals surface area contributed by atoms with Crippen LogP contribution in [-0.2, 0) is 11.2 Å². The number of carboxylic acid groups (broad SMARTS) is 1. The first-order chi connectivity index (χ1) is 12.4. The number of rotatable bonds is 10. The minimum atomic E-state index is -0.890. The molecular formula is C16H23ClN6O3. The predicted octanol–water partition coefficient (Wildman–Crippen LogP) is 1.73. The van der Waals surface area contributed by atoms with E-state index in [0.29, 0.717) is 31.0 Å². The maximum Gasteiger partial charge on any atom is 0.307 e. The van der Waals surface area contributed by atoms with Gasteiger partial charge in [-0.05, 0) is 46.9 Å². The first-order valence-corrected chi connectivity index (χ1v) is 8.76. The fourth-order valence-corrected chi connectivity index (χ4v) is 3.13. The van der Waals surface area contributed by atoms with Crippen LogP contribution >= 0.6 is 11.6 Å². The van der Waals surface area contributed by atoms with Crippen LogP contribution in [0.25, 0.3) is 0 Å². The molecule has 0 aliphatic carbocycles. The quantitative estimate of drug-likeness (QED) is 0.456. The lowest BCUT2D eigenvalue weighted by Crippen LogP contribution is -2.26. The molecule has 0 radical (unpaired) electrons. The second kappa shape index (κ2) is 9.44. The van der Waals surface area contributed by atoms with Crippen LogP contribution in [-0.4, -0.2) is 54.9 Å². The number of aromatic amines is 1. The third-order valence-corrected chi connectivity index (χ3v) is 4.16. The summed E-state index contributed by atoms with van der Waals surface area (Å²) in [6.45, 7) is 4.26. The van der Waals surface area contributed by atoms with Crippen molar-refractivity contribution in [2.75, 3.05) is 18.5 Å². The van der Waals surface area contributed by atoms with Crippen LogP contribution in [0.15, 0.2) is 12.1 Å². The normalized spacial score (nSPS) is 13.6. The molecule has 0 aliphatic rings. The molecule has 26 heavy (non-hydrogen) atoms. The van der Waals surface area contributed by atoms with Gasteiger partial charge in [0.2, 0.25) is 0 Å². The van der Waals surface area contributed by atoms with Crippen LogP contribution in [0.4, 0.5) is 5.82 Å². The largest absolute Gasteiger partial charge is 0.481 e. The molecule has 0 bridgehead atoms. The first kappa shape index (κ1) is 20.1. The molecule has 142 valence electrons. The van der Waals surface area contributed by atoms with E-state index in [-0.39, 0.29) is 17.7 Å². The molecule has 10 heteroatoms. The van der Waals surface area contributed by atoms with Crippen molar-refractivity contribution in [3.05, 3.63) is 28.7 Å². The van der Waals surface area contributed by atoms with Crippen LogP contribution in [0.2, 0.25) is 5.15 Å². The molecule has 2 atom stereocenters. The number of aromatic nitrogens is 5. The van der Waals surface area contributed by atoms with Crippen molar-refractivity contribution in [2.45, 2.75) is 32.6 Å². The number of nitrogens with zero attached hydrogens (tertiary/aromatic N) is 4. The zero-order chi connectivity index (χ0) is 19.1. The number of carboxylic acids is 1. The number of aliphatic hydroxyl groups excluding tert-OH is 1. The summed E-state index contributed by atoms with van der Waals surface area (Å²) >= 11 is 6.09. The number of hydrogen-bond acceptors (Lipinski definition) is 7. The Morgan fingerprint density at radius 2 is 2.15 bits per heavy atom. The Hall–Kier alpha value is -2.26. The van der Waals surface area contributed by atoms with E-state index >= 15 is 0 Å². The Balaban J connectivity index is 2.32. The summed E-state index contributed by atoms with van der Waals surface area (Å²) in [6, 6.07) is 3.48. The first-order valence-electron chi connectivity index (χ1n) is 8.38. The number of carbonyl (C=O) groups is 1. The average Bonchev–Trinajstić information content (AvgIpc) is 3.09. The minimum Gasteiger partial charge on any atom is -0.481 e. The zero-order valence-electron chi connectivity index (χ0n) is 14.7. The summed E-state index contributed by atoms with van der Waals surface area (Å²) in [7, 11) is 0. The average molecular weight is 383 g/mol. The van der Waals surface area contributed by atoms with Crippen LogP contribution in [0.1, 0.15) is 37.6 Å². The van der Waals surface area contributed by atoms with E-state index in [1.165, 1.54) is 0 Å². The number of tetrazole rings is 1. The summed E-state index contributed by atoms with van der Waals surface area (Å²) in [5, 5.41) is 35.7. The molecule has 0 aromatic carbocycles. The number of nitrogens with one attached hydrogen (secondary N) is 2. The number of hydrogen-bond donors (Lipinski definition) is 4. The molecule has 0 saturated heterocycles.